The van der Waals surface area contributed by atoms with E-state index in [0.717, 1.165) is 50.5 Å². The lowest BCUT2D eigenvalue weighted by molar-refractivity contribution is 0.0614. The van der Waals surface area contributed by atoms with Gasteiger partial charge in [0, 0.05) is 30.6 Å². The Morgan fingerprint density at radius 2 is 1.84 bits per heavy atom. The van der Waals surface area contributed by atoms with Gasteiger partial charge >= 0.3 is 0 Å². The first-order valence-electron chi connectivity index (χ1n) is 11.5. The number of ether oxygens (including phenoxy) is 1. The number of rotatable bonds is 11. The standard InChI is InChI=1S/C25H34N4O2/c30-23(19-28-14-6-1-7-15-28)20-31-25-12-5-3-10-22(25)17-26-13-8-16-29-24-11-4-2-9-21(24)18-27-29/h2-5,9-12,18,23,26,30H,1,6-8,13-17,19-20H2/t23-/m1/s1. The molecule has 0 aliphatic carbocycles. The highest BCUT2D eigenvalue weighted by Crippen LogP contribution is 2.18. The maximum Gasteiger partial charge on any atom is 0.123 e. The van der Waals surface area contributed by atoms with E-state index in [4.69, 9.17) is 4.74 Å². The van der Waals surface area contributed by atoms with Gasteiger partial charge in [-0.1, -0.05) is 42.8 Å². The summed E-state index contributed by atoms with van der Waals surface area (Å²) in [4.78, 5) is 2.34. The summed E-state index contributed by atoms with van der Waals surface area (Å²) in [5.41, 5.74) is 2.31. The molecule has 0 saturated carbocycles. The number of aliphatic hydroxyl groups is 1. The molecule has 1 aromatic heterocycles. The highest BCUT2D eigenvalue weighted by Gasteiger charge is 2.15. The van der Waals surface area contributed by atoms with E-state index in [0.29, 0.717) is 13.2 Å². The highest BCUT2D eigenvalue weighted by molar-refractivity contribution is 5.78. The molecule has 1 fully saturated rings. The van der Waals surface area contributed by atoms with Gasteiger partial charge in [0.25, 0.3) is 0 Å². The summed E-state index contributed by atoms with van der Waals surface area (Å²) in [5, 5.41) is 19.6. The maximum atomic E-state index is 10.4. The van der Waals surface area contributed by atoms with E-state index in [1.165, 1.54) is 30.2 Å². The van der Waals surface area contributed by atoms with Crippen molar-refractivity contribution in [3.05, 3.63) is 60.3 Å². The number of hydrogen-bond acceptors (Lipinski definition) is 5. The van der Waals surface area contributed by atoms with Crippen molar-refractivity contribution in [3.63, 3.8) is 0 Å². The third-order valence-electron chi connectivity index (χ3n) is 5.91. The van der Waals surface area contributed by atoms with E-state index in [9.17, 15) is 5.11 Å². The quantitative estimate of drug-likeness (QED) is 0.464. The number of hydrogen-bond donors (Lipinski definition) is 2. The van der Waals surface area contributed by atoms with E-state index >= 15 is 0 Å². The Labute approximate surface area is 184 Å². The molecule has 0 bridgehead atoms. The zero-order valence-electron chi connectivity index (χ0n) is 18.2. The second-order valence-electron chi connectivity index (χ2n) is 8.39. The summed E-state index contributed by atoms with van der Waals surface area (Å²) >= 11 is 0. The summed E-state index contributed by atoms with van der Waals surface area (Å²) in [6.07, 6.45) is 6.25. The first-order chi connectivity index (χ1) is 15.3. The summed E-state index contributed by atoms with van der Waals surface area (Å²) in [6.45, 7) is 5.75. The predicted molar refractivity (Wildman–Crippen MR) is 124 cm³/mol. The number of β-amino-alcohol motifs (C(OH)–C–C–N with tert-alkyl or cyclic N) is 1. The van der Waals surface area contributed by atoms with Crippen molar-refractivity contribution >= 4 is 10.9 Å². The zero-order chi connectivity index (χ0) is 21.3. The number of likely N-dealkylation sites (tertiary alicyclic amines) is 1. The molecule has 0 radical (unpaired) electrons. The molecule has 6 heteroatoms. The third-order valence-corrected chi connectivity index (χ3v) is 5.91. The summed E-state index contributed by atoms with van der Waals surface area (Å²) < 4.78 is 8.04. The van der Waals surface area contributed by atoms with Crippen LogP contribution in [-0.2, 0) is 13.1 Å². The molecule has 2 N–H and O–H groups in total. The molecule has 1 aliphatic heterocycles. The van der Waals surface area contributed by atoms with Gasteiger partial charge in [0.1, 0.15) is 18.5 Å². The van der Waals surface area contributed by atoms with Crippen LogP contribution in [0.2, 0.25) is 0 Å². The molecule has 0 unspecified atom stereocenters. The van der Waals surface area contributed by atoms with Gasteiger partial charge in [-0.05, 0) is 51.0 Å². The fourth-order valence-corrected chi connectivity index (χ4v) is 4.25. The monoisotopic (exact) mass is 422 g/mol. The minimum Gasteiger partial charge on any atom is -0.491 e. The van der Waals surface area contributed by atoms with Crippen LogP contribution in [0.4, 0.5) is 0 Å². The van der Waals surface area contributed by atoms with Crippen molar-refractivity contribution < 1.29 is 9.84 Å². The van der Waals surface area contributed by atoms with Gasteiger partial charge in [-0.15, -0.1) is 0 Å². The molecule has 0 amide bonds. The average Bonchev–Trinajstić information content (AvgIpc) is 3.22. The molecule has 4 rings (SSSR count). The normalized spacial score (nSPS) is 15.9. The van der Waals surface area contributed by atoms with Gasteiger partial charge in [0.15, 0.2) is 0 Å². The molecule has 166 valence electrons. The number of piperidine rings is 1. The van der Waals surface area contributed by atoms with Crippen LogP contribution in [0.3, 0.4) is 0 Å². The molecule has 1 aliphatic rings. The second kappa shape index (κ2) is 11.3. The molecule has 6 nitrogen and oxygen atoms in total. The Bertz CT molecular complexity index is 936. The van der Waals surface area contributed by atoms with Crippen molar-refractivity contribution in [2.75, 3.05) is 32.8 Å². The lowest BCUT2D eigenvalue weighted by Crippen LogP contribution is -2.38. The number of para-hydroxylation sites is 2. The Morgan fingerprint density at radius 3 is 2.74 bits per heavy atom. The zero-order valence-corrected chi connectivity index (χ0v) is 18.2. The van der Waals surface area contributed by atoms with E-state index < -0.39 is 6.10 Å². The van der Waals surface area contributed by atoms with Crippen molar-refractivity contribution in [3.8, 4) is 5.75 Å². The predicted octanol–water partition coefficient (Wildman–Crippen LogP) is 3.44. The van der Waals surface area contributed by atoms with E-state index in [-0.39, 0.29) is 0 Å². The Morgan fingerprint density at radius 1 is 1.03 bits per heavy atom. The van der Waals surface area contributed by atoms with Gasteiger partial charge in [-0.2, -0.15) is 5.10 Å². The first kappa shape index (κ1) is 21.8. The summed E-state index contributed by atoms with van der Waals surface area (Å²) in [7, 11) is 0. The lowest BCUT2D eigenvalue weighted by Gasteiger charge is -2.28. The van der Waals surface area contributed by atoms with E-state index in [2.05, 4.69) is 44.3 Å². The minimum atomic E-state index is -0.456. The van der Waals surface area contributed by atoms with Crippen molar-refractivity contribution in [2.45, 2.75) is 44.9 Å². The number of nitrogens with one attached hydrogen (secondary N) is 1. The van der Waals surface area contributed by atoms with E-state index in [1.54, 1.807) is 0 Å². The lowest BCUT2D eigenvalue weighted by atomic mass is 10.1. The molecule has 3 aromatic rings. The fraction of sp³-hybridized carbons (Fsp3) is 0.480. The molecular weight excluding hydrogens is 388 g/mol. The maximum absolute atomic E-state index is 10.4. The number of aliphatic hydroxyl groups excluding tert-OH is 1. The SMILES string of the molecule is O[C@@H](COc1ccccc1CNCCCn1ncc2ccccc21)CN1CCCCC1. The Kier molecular flexibility index (Phi) is 7.93. The van der Waals surface area contributed by atoms with Gasteiger partial charge in [0.05, 0.1) is 11.7 Å². The number of aryl methyl sites for hydroxylation is 1. The summed E-state index contributed by atoms with van der Waals surface area (Å²) in [6, 6.07) is 16.4. The van der Waals surface area contributed by atoms with Crippen LogP contribution in [0.15, 0.2) is 54.7 Å². The molecule has 31 heavy (non-hydrogen) atoms. The number of nitrogens with zero attached hydrogens (tertiary/aromatic N) is 3. The van der Waals surface area contributed by atoms with E-state index in [1.807, 2.05) is 30.5 Å². The van der Waals surface area contributed by atoms with Crippen LogP contribution >= 0.6 is 0 Å². The molecule has 1 saturated heterocycles. The van der Waals surface area contributed by atoms with Crippen LogP contribution in [0, 0.1) is 0 Å². The largest absolute Gasteiger partial charge is 0.491 e. The molecule has 0 spiro atoms. The topological polar surface area (TPSA) is 62.6 Å². The highest BCUT2D eigenvalue weighted by atomic mass is 16.5. The number of aromatic nitrogens is 2. The van der Waals surface area contributed by atoms with Crippen LogP contribution in [-0.4, -0.2) is 58.7 Å². The molecule has 1 atom stereocenters. The van der Waals surface area contributed by atoms with Gasteiger partial charge in [-0.25, -0.2) is 0 Å². The smallest absolute Gasteiger partial charge is 0.123 e. The van der Waals surface area contributed by atoms with Crippen molar-refractivity contribution in [1.29, 1.82) is 0 Å². The summed E-state index contributed by atoms with van der Waals surface area (Å²) in [5.74, 6) is 0.853. The molecular formula is C25H34N4O2. The Balaban J connectivity index is 1.19. The van der Waals surface area contributed by atoms with Crippen LogP contribution in [0.1, 0.15) is 31.2 Å². The first-order valence-corrected chi connectivity index (χ1v) is 11.5. The average molecular weight is 423 g/mol. The van der Waals surface area contributed by atoms with Gasteiger partial charge in [0.2, 0.25) is 0 Å². The second-order valence-corrected chi connectivity index (χ2v) is 8.39. The molecule has 2 heterocycles. The van der Waals surface area contributed by atoms with Crippen molar-refractivity contribution in [1.82, 2.24) is 20.0 Å². The van der Waals surface area contributed by atoms with Gasteiger partial charge in [-0.3, -0.25) is 4.68 Å². The van der Waals surface area contributed by atoms with Crippen LogP contribution < -0.4 is 10.1 Å². The third kappa shape index (κ3) is 6.29. The van der Waals surface area contributed by atoms with Gasteiger partial charge < -0.3 is 20.1 Å². The minimum absolute atomic E-state index is 0.333. The number of benzene rings is 2. The molecule has 2 aromatic carbocycles. The van der Waals surface area contributed by atoms with Crippen molar-refractivity contribution in [2.24, 2.45) is 0 Å². The van der Waals surface area contributed by atoms with Crippen LogP contribution in [0.25, 0.3) is 10.9 Å². The fourth-order valence-electron chi connectivity index (χ4n) is 4.25. The number of fused-ring (bicyclic) bond motifs is 1. The van der Waals surface area contributed by atoms with Crippen LogP contribution in [0.5, 0.6) is 5.75 Å². The Hall–Kier alpha value is -2.41.